The summed E-state index contributed by atoms with van der Waals surface area (Å²) in [5.41, 5.74) is 5.13. The van der Waals surface area contributed by atoms with Crippen LogP contribution in [0.25, 0.3) is 0 Å². The second-order valence-corrected chi connectivity index (χ2v) is 1.20. The summed E-state index contributed by atoms with van der Waals surface area (Å²) in [4.78, 5) is 0. The normalized spacial score (nSPS) is 8.71. The van der Waals surface area contributed by atoms with Crippen LogP contribution >= 0.6 is 0 Å². The molecule has 0 saturated carbocycles. The first-order valence-corrected chi connectivity index (χ1v) is 2.31. The zero-order valence-corrected chi connectivity index (χ0v) is 4.28. The summed E-state index contributed by atoms with van der Waals surface area (Å²) in [6.45, 7) is 2.08. The molecule has 0 heterocycles. The van der Waals surface area contributed by atoms with Gasteiger partial charge in [0, 0.05) is 25.8 Å². The van der Waals surface area contributed by atoms with Crippen LogP contribution in [-0.2, 0) is 0 Å². The summed E-state index contributed by atoms with van der Waals surface area (Å²) < 4.78 is 0. The first-order chi connectivity index (χ1) is 3.41. The molecule has 0 aromatic carbocycles. The van der Waals surface area contributed by atoms with E-state index >= 15 is 0 Å². The Morgan fingerprint density at radius 1 is 1.71 bits per heavy atom. The second-order valence-electron chi connectivity index (χ2n) is 1.20. The van der Waals surface area contributed by atoms with Gasteiger partial charge in [0.05, 0.1) is 0 Å². The van der Waals surface area contributed by atoms with Crippen LogP contribution in [0.2, 0.25) is 0 Å². The molecule has 0 bridgehead atoms. The van der Waals surface area contributed by atoms with Crippen molar-refractivity contribution < 1.29 is 0 Å². The molecule has 0 rings (SSSR count). The van der Waals surface area contributed by atoms with Crippen molar-refractivity contribution in [3.8, 4) is 0 Å². The van der Waals surface area contributed by atoms with Gasteiger partial charge in [-0.3, -0.25) is 0 Å². The maximum atomic E-state index is 6.55. The van der Waals surface area contributed by atoms with Gasteiger partial charge >= 0.3 is 0 Å². The van der Waals surface area contributed by atoms with E-state index in [1.807, 2.05) is 0 Å². The molecule has 0 radical (unpaired) electrons. The second kappa shape index (κ2) is 5.59. The summed E-state index contributed by atoms with van der Waals surface area (Å²) >= 11 is 0. The van der Waals surface area contributed by atoms with Gasteiger partial charge in [0.2, 0.25) is 0 Å². The number of hydrogen-bond donors (Lipinski definition) is 3. The molecule has 0 aliphatic heterocycles. The lowest BCUT2D eigenvalue weighted by molar-refractivity contribution is 0.771. The van der Waals surface area contributed by atoms with E-state index in [1.165, 1.54) is 6.21 Å². The molecular formula is C4H11N3. The van der Waals surface area contributed by atoms with Crippen LogP contribution in [0.1, 0.15) is 0 Å². The summed E-state index contributed by atoms with van der Waals surface area (Å²) in [5.74, 6) is 0. The SMILES string of the molecule is N=CCNCCN. The van der Waals surface area contributed by atoms with Gasteiger partial charge in [-0.05, 0) is 0 Å². The fourth-order valence-electron chi connectivity index (χ4n) is 0.276. The third-order valence-electron chi connectivity index (χ3n) is 0.568. The molecule has 0 aliphatic rings. The Morgan fingerprint density at radius 3 is 2.86 bits per heavy atom. The maximum Gasteiger partial charge on any atom is 0.0302 e. The Morgan fingerprint density at radius 2 is 2.43 bits per heavy atom. The van der Waals surface area contributed by atoms with Gasteiger partial charge in [0.1, 0.15) is 0 Å². The van der Waals surface area contributed by atoms with Crippen molar-refractivity contribution in [3.63, 3.8) is 0 Å². The van der Waals surface area contributed by atoms with Crippen molar-refractivity contribution in [1.29, 1.82) is 5.41 Å². The van der Waals surface area contributed by atoms with Crippen LogP contribution < -0.4 is 11.1 Å². The molecule has 0 unspecified atom stereocenters. The summed E-state index contributed by atoms with van der Waals surface area (Å²) in [6.07, 6.45) is 1.32. The third-order valence-corrected chi connectivity index (χ3v) is 0.568. The zero-order valence-electron chi connectivity index (χ0n) is 4.28. The van der Waals surface area contributed by atoms with Gasteiger partial charge in [-0.2, -0.15) is 0 Å². The summed E-state index contributed by atoms with van der Waals surface area (Å²) in [6, 6.07) is 0. The molecule has 0 aliphatic carbocycles. The van der Waals surface area contributed by atoms with Gasteiger partial charge < -0.3 is 16.5 Å². The third kappa shape index (κ3) is 5.59. The van der Waals surface area contributed by atoms with E-state index in [0.29, 0.717) is 13.1 Å². The van der Waals surface area contributed by atoms with Crippen molar-refractivity contribution in [1.82, 2.24) is 5.32 Å². The molecule has 0 atom stereocenters. The lowest BCUT2D eigenvalue weighted by Crippen LogP contribution is -2.23. The molecule has 7 heavy (non-hydrogen) atoms. The number of hydrogen-bond acceptors (Lipinski definition) is 3. The van der Waals surface area contributed by atoms with Crippen LogP contribution in [0.4, 0.5) is 0 Å². The molecule has 42 valence electrons. The first-order valence-electron chi connectivity index (χ1n) is 2.31. The van der Waals surface area contributed by atoms with Crippen LogP contribution in [0, 0.1) is 5.41 Å². The predicted octanol–water partition coefficient (Wildman–Crippen LogP) is -0.816. The van der Waals surface area contributed by atoms with Crippen LogP contribution in [0.5, 0.6) is 0 Å². The Balaban J connectivity index is 2.56. The molecule has 0 spiro atoms. The Bertz CT molecular complexity index is 44.2. The van der Waals surface area contributed by atoms with Crippen LogP contribution in [-0.4, -0.2) is 25.8 Å². The smallest absolute Gasteiger partial charge is 0.0302 e. The van der Waals surface area contributed by atoms with Gasteiger partial charge in [0.25, 0.3) is 0 Å². The lowest BCUT2D eigenvalue weighted by atomic mass is 10.6. The quantitative estimate of drug-likeness (QED) is 0.320. The lowest BCUT2D eigenvalue weighted by Gasteiger charge is -1.92. The summed E-state index contributed by atoms with van der Waals surface area (Å²) in [5, 5.41) is 9.47. The van der Waals surface area contributed by atoms with Crippen molar-refractivity contribution in [2.24, 2.45) is 5.73 Å². The monoisotopic (exact) mass is 101 g/mol. The number of nitrogens with one attached hydrogen (secondary N) is 2. The molecule has 3 heteroatoms. The minimum Gasteiger partial charge on any atom is -0.329 e. The predicted molar refractivity (Wildman–Crippen MR) is 30.7 cm³/mol. The topological polar surface area (TPSA) is 61.9 Å². The van der Waals surface area contributed by atoms with E-state index in [9.17, 15) is 0 Å². The van der Waals surface area contributed by atoms with E-state index in [-0.39, 0.29) is 0 Å². The Kier molecular flexibility index (Phi) is 5.26. The standard InChI is InChI=1S/C4H11N3/c5-1-3-7-4-2-6/h1,5,7H,2-4,6H2. The largest absolute Gasteiger partial charge is 0.329 e. The van der Waals surface area contributed by atoms with Crippen molar-refractivity contribution >= 4 is 6.21 Å². The highest BCUT2D eigenvalue weighted by Crippen LogP contribution is 1.47. The average molecular weight is 101 g/mol. The zero-order chi connectivity index (χ0) is 5.54. The average Bonchev–Trinajstić information content (AvgIpc) is 1.69. The first kappa shape index (κ1) is 6.59. The molecule has 0 saturated heterocycles. The van der Waals surface area contributed by atoms with E-state index in [0.717, 1.165) is 6.54 Å². The van der Waals surface area contributed by atoms with E-state index < -0.39 is 0 Å². The highest BCUT2D eigenvalue weighted by Gasteiger charge is 1.74. The van der Waals surface area contributed by atoms with Crippen LogP contribution in [0.15, 0.2) is 0 Å². The van der Waals surface area contributed by atoms with Crippen LogP contribution in [0.3, 0.4) is 0 Å². The van der Waals surface area contributed by atoms with Crippen molar-refractivity contribution in [2.75, 3.05) is 19.6 Å². The molecule has 0 aromatic rings. The Hall–Kier alpha value is -0.410. The van der Waals surface area contributed by atoms with E-state index in [2.05, 4.69) is 5.32 Å². The molecule has 3 nitrogen and oxygen atoms in total. The molecule has 0 amide bonds. The van der Waals surface area contributed by atoms with Crippen molar-refractivity contribution in [2.45, 2.75) is 0 Å². The molecular weight excluding hydrogens is 90.1 g/mol. The number of nitrogens with two attached hydrogens (primary N) is 1. The fraction of sp³-hybridized carbons (Fsp3) is 0.750. The molecule has 4 N–H and O–H groups in total. The molecule has 0 aromatic heterocycles. The van der Waals surface area contributed by atoms with E-state index in [1.54, 1.807) is 0 Å². The minimum atomic E-state index is 0.636. The number of rotatable bonds is 4. The van der Waals surface area contributed by atoms with Gasteiger partial charge in [-0.25, -0.2) is 0 Å². The van der Waals surface area contributed by atoms with Crippen molar-refractivity contribution in [3.05, 3.63) is 0 Å². The minimum absolute atomic E-state index is 0.636. The maximum absolute atomic E-state index is 6.55. The van der Waals surface area contributed by atoms with Gasteiger partial charge in [-0.1, -0.05) is 0 Å². The summed E-state index contributed by atoms with van der Waals surface area (Å²) in [7, 11) is 0. The highest BCUT2D eigenvalue weighted by molar-refractivity contribution is 5.55. The van der Waals surface area contributed by atoms with Gasteiger partial charge in [0.15, 0.2) is 0 Å². The highest BCUT2D eigenvalue weighted by atomic mass is 14.9. The molecule has 0 fully saturated rings. The Labute approximate surface area is 43.4 Å². The fourth-order valence-corrected chi connectivity index (χ4v) is 0.276. The van der Waals surface area contributed by atoms with E-state index in [4.69, 9.17) is 11.1 Å². The van der Waals surface area contributed by atoms with Gasteiger partial charge in [-0.15, -0.1) is 0 Å².